The van der Waals surface area contributed by atoms with Crippen LogP contribution in [0.5, 0.6) is 0 Å². The normalized spacial score (nSPS) is 17.5. The van der Waals surface area contributed by atoms with E-state index < -0.39 is 0 Å². The van der Waals surface area contributed by atoms with Crippen LogP contribution in [0.15, 0.2) is 36.4 Å². The molecule has 0 saturated heterocycles. The molecule has 0 aliphatic carbocycles. The van der Waals surface area contributed by atoms with E-state index >= 15 is 0 Å². The third-order valence-electron chi connectivity index (χ3n) is 4.53. The van der Waals surface area contributed by atoms with Crippen molar-refractivity contribution in [3.63, 3.8) is 0 Å². The van der Waals surface area contributed by atoms with E-state index in [4.69, 9.17) is 0 Å². The Morgan fingerprint density at radius 2 is 1.67 bits per heavy atom. The van der Waals surface area contributed by atoms with E-state index in [-0.39, 0.29) is 5.41 Å². The Balaban J connectivity index is 1.86. The van der Waals surface area contributed by atoms with Crippen molar-refractivity contribution < 1.29 is 0 Å². The lowest BCUT2D eigenvalue weighted by Gasteiger charge is -2.20. The zero-order chi connectivity index (χ0) is 15.2. The van der Waals surface area contributed by atoms with Gasteiger partial charge in [0.2, 0.25) is 0 Å². The minimum Gasteiger partial charge on any atom is -0.378 e. The van der Waals surface area contributed by atoms with Crippen molar-refractivity contribution >= 4 is 5.69 Å². The largest absolute Gasteiger partial charge is 0.378 e. The quantitative estimate of drug-likeness (QED) is 0.746. The van der Waals surface area contributed by atoms with Crippen LogP contribution in [0.2, 0.25) is 0 Å². The number of anilines is 1. The fraction of sp³-hybridized carbons (Fsp3) is 0.400. The molecule has 0 fully saturated rings. The number of benzene rings is 2. The molecule has 0 spiro atoms. The molecule has 0 amide bonds. The fourth-order valence-electron chi connectivity index (χ4n) is 3.26. The topological polar surface area (TPSA) is 12.0 Å². The van der Waals surface area contributed by atoms with Crippen molar-refractivity contribution in [2.45, 2.75) is 52.5 Å². The molecule has 0 bridgehead atoms. The second-order valence-electron chi connectivity index (χ2n) is 7.38. The minimum absolute atomic E-state index is 0.221. The zero-order valence-electron chi connectivity index (χ0n) is 13.7. The predicted octanol–water partition coefficient (Wildman–Crippen LogP) is 5.31. The Bertz CT molecular complexity index is 659. The zero-order valence-corrected chi connectivity index (χ0v) is 13.7. The van der Waals surface area contributed by atoms with Gasteiger partial charge in [0.15, 0.2) is 0 Å². The highest BCUT2D eigenvalue weighted by atomic mass is 14.9. The van der Waals surface area contributed by atoms with Crippen molar-refractivity contribution in [1.82, 2.24) is 0 Å². The molecule has 21 heavy (non-hydrogen) atoms. The highest BCUT2D eigenvalue weighted by Gasteiger charge is 2.24. The van der Waals surface area contributed by atoms with Gasteiger partial charge in [0.05, 0.1) is 6.04 Å². The highest BCUT2D eigenvalue weighted by molar-refractivity contribution is 5.62. The number of aryl methyl sites for hydroxylation is 2. The summed E-state index contributed by atoms with van der Waals surface area (Å²) in [6.07, 6.45) is 1.09. The maximum Gasteiger partial charge on any atom is 0.0555 e. The minimum atomic E-state index is 0.221. The van der Waals surface area contributed by atoms with Crippen LogP contribution in [0.25, 0.3) is 0 Å². The van der Waals surface area contributed by atoms with Gasteiger partial charge in [-0.1, -0.05) is 51.1 Å². The molecule has 1 nitrogen and oxygen atoms in total. The lowest BCUT2D eigenvalue weighted by atomic mass is 9.86. The van der Waals surface area contributed by atoms with Crippen LogP contribution in [0, 0.1) is 13.8 Å². The summed E-state index contributed by atoms with van der Waals surface area (Å²) in [5, 5.41) is 3.69. The van der Waals surface area contributed by atoms with E-state index in [1.165, 1.54) is 33.5 Å². The summed E-state index contributed by atoms with van der Waals surface area (Å²) < 4.78 is 0. The van der Waals surface area contributed by atoms with Gasteiger partial charge in [-0.2, -0.15) is 0 Å². The van der Waals surface area contributed by atoms with Gasteiger partial charge in [0.25, 0.3) is 0 Å². The molecule has 0 saturated carbocycles. The fourth-order valence-corrected chi connectivity index (χ4v) is 3.26. The first-order valence-electron chi connectivity index (χ1n) is 7.82. The van der Waals surface area contributed by atoms with Gasteiger partial charge < -0.3 is 5.32 Å². The van der Waals surface area contributed by atoms with E-state index in [9.17, 15) is 0 Å². The molecule has 1 unspecified atom stereocenters. The Labute approximate surface area is 128 Å². The van der Waals surface area contributed by atoms with Gasteiger partial charge in [0, 0.05) is 5.69 Å². The van der Waals surface area contributed by atoms with Crippen molar-refractivity contribution in [3.05, 3.63) is 64.2 Å². The summed E-state index contributed by atoms with van der Waals surface area (Å²) in [5.41, 5.74) is 8.54. The molecule has 110 valence electrons. The molecule has 1 heterocycles. The molecule has 1 N–H and O–H groups in total. The lowest BCUT2D eigenvalue weighted by Crippen LogP contribution is -2.12. The summed E-state index contributed by atoms with van der Waals surface area (Å²) in [5.74, 6) is 0. The lowest BCUT2D eigenvalue weighted by molar-refractivity contribution is 0.589. The van der Waals surface area contributed by atoms with Crippen LogP contribution in [0.3, 0.4) is 0 Å². The van der Waals surface area contributed by atoms with Crippen molar-refractivity contribution in [3.8, 4) is 0 Å². The number of hydrogen-bond donors (Lipinski definition) is 1. The highest BCUT2D eigenvalue weighted by Crippen LogP contribution is 2.37. The molecule has 3 rings (SSSR count). The molecular formula is C20H25N. The van der Waals surface area contributed by atoms with E-state index in [0.717, 1.165) is 6.42 Å². The summed E-state index contributed by atoms with van der Waals surface area (Å²) in [7, 11) is 0. The Kier molecular flexibility index (Phi) is 3.32. The summed E-state index contributed by atoms with van der Waals surface area (Å²) in [6.45, 7) is 11.2. The van der Waals surface area contributed by atoms with Crippen molar-refractivity contribution in [2.24, 2.45) is 0 Å². The average Bonchev–Trinajstić information content (AvgIpc) is 2.82. The first-order valence-corrected chi connectivity index (χ1v) is 7.82. The Morgan fingerprint density at radius 1 is 1.00 bits per heavy atom. The molecule has 1 aliphatic rings. The summed E-state index contributed by atoms with van der Waals surface area (Å²) >= 11 is 0. The summed E-state index contributed by atoms with van der Waals surface area (Å²) in [4.78, 5) is 0. The number of rotatable bonds is 1. The van der Waals surface area contributed by atoms with Gasteiger partial charge in [0.1, 0.15) is 0 Å². The molecule has 1 heteroatoms. The van der Waals surface area contributed by atoms with Gasteiger partial charge in [-0.15, -0.1) is 0 Å². The van der Waals surface area contributed by atoms with E-state index in [1.54, 1.807) is 0 Å². The second kappa shape index (κ2) is 4.91. The van der Waals surface area contributed by atoms with Gasteiger partial charge >= 0.3 is 0 Å². The predicted molar refractivity (Wildman–Crippen MR) is 91.1 cm³/mol. The van der Waals surface area contributed by atoms with Crippen LogP contribution >= 0.6 is 0 Å². The maximum absolute atomic E-state index is 3.69. The van der Waals surface area contributed by atoms with Gasteiger partial charge in [-0.25, -0.2) is 0 Å². The number of fused-ring (bicyclic) bond motifs is 1. The standard InChI is InChI=1S/C20H25N/c1-13-10-14(2)17-12-18(21-19(17)11-13)15-6-8-16(9-7-15)20(3,4)5/h6-11,18,21H,12H2,1-5H3. The summed E-state index contributed by atoms with van der Waals surface area (Å²) in [6, 6.07) is 14.1. The van der Waals surface area contributed by atoms with Crippen molar-refractivity contribution in [2.75, 3.05) is 5.32 Å². The first-order chi connectivity index (χ1) is 9.84. The number of hydrogen-bond acceptors (Lipinski definition) is 1. The second-order valence-corrected chi connectivity index (χ2v) is 7.38. The van der Waals surface area contributed by atoms with E-state index in [0.29, 0.717) is 6.04 Å². The van der Waals surface area contributed by atoms with Gasteiger partial charge in [-0.05, 0) is 59.6 Å². The molecule has 2 aromatic carbocycles. The third-order valence-corrected chi connectivity index (χ3v) is 4.53. The van der Waals surface area contributed by atoms with E-state index in [1.807, 2.05) is 0 Å². The molecule has 0 radical (unpaired) electrons. The molecule has 0 aromatic heterocycles. The molecule has 1 aliphatic heterocycles. The van der Waals surface area contributed by atoms with Crippen LogP contribution in [-0.2, 0) is 11.8 Å². The van der Waals surface area contributed by atoms with E-state index in [2.05, 4.69) is 76.3 Å². The first kappa shape index (κ1) is 14.2. The Morgan fingerprint density at radius 3 is 2.29 bits per heavy atom. The Hall–Kier alpha value is -1.76. The van der Waals surface area contributed by atoms with Crippen LogP contribution < -0.4 is 5.32 Å². The molecule has 1 atom stereocenters. The van der Waals surface area contributed by atoms with Gasteiger partial charge in [-0.3, -0.25) is 0 Å². The molecule has 2 aromatic rings. The number of nitrogens with one attached hydrogen (secondary N) is 1. The molecular weight excluding hydrogens is 254 g/mol. The van der Waals surface area contributed by atoms with Crippen LogP contribution in [-0.4, -0.2) is 0 Å². The van der Waals surface area contributed by atoms with Crippen LogP contribution in [0.1, 0.15) is 54.6 Å². The maximum atomic E-state index is 3.69. The van der Waals surface area contributed by atoms with Crippen molar-refractivity contribution in [1.29, 1.82) is 0 Å². The van der Waals surface area contributed by atoms with Crippen LogP contribution in [0.4, 0.5) is 5.69 Å². The SMILES string of the molecule is Cc1cc(C)c2c(c1)NC(c1ccc(C(C)(C)C)cc1)C2. The third kappa shape index (κ3) is 2.70. The average molecular weight is 279 g/mol. The smallest absolute Gasteiger partial charge is 0.0555 e. The monoisotopic (exact) mass is 279 g/mol.